The van der Waals surface area contributed by atoms with Gasteiger partial charge in [0.2, 0.25) is 0 Å². The van der Waals surface area contributed by atoms with Gasteiger partial charge >= 0.3 is 0 Å². The second kappa shape index (κ2) is 6.10. The zero-order chi connectivity index (χ0) is 21.2. The number of allylic oxidation sites excluding steroid dienone is 1. The first-order chi connectivity index (χ1) is 14.4. The molecule has 0 unspecified atom stereocenters. The molecule has 5 rings (SSSR count). The molecule has 0 saturated carbocycles. The highest BCUT2D eigenvalue weighted by Gasteiger charge is 2.65. The molecule has 10 heteroatoms. The molecular weight excluding hydrogens is 392 g/mol. The van der Waals surface area contributed by atoms with Crippen molar-refractivity contribution in [3.8, 4) is 0 Å². The average molecular weight is 408 g/mol. The summed E-state index contributed by atoms with van der Waals surface area (Å²) < 4.78 is 0. The van der Waals surface area contributed by atoms with Gasteiger partial charge < -0.3 is 15.3 Å². The van der Waals surface area contributed by atoms with Gasteiger partial charge in [-0.3, -0.25) is 25.0 Å². The third-order valence-electron chi connectivity index (χ3n) is 6.14. The smallest absolute Gasteiger partial charge is 0.294 e. The standard InChI is InChI=1S/C20H16N4O6/c25-18-13-3-1-2-4-14(13)20(26)16(18)15(11-5-7-12(8-6-11)23(27)28)17(24(29)30)19-21-9-10-22(19)20/h1-8,15-16,21,26H,9-10H2/t15-,16+,20+/m1/s1. The van der Waals surface area contributed by atoms with Crippen LogP contribution >= 0.6 is 0 Å². The molecule has 2 heterocycles. The number of carbonyl (C=O) groups is 1. The van der Waals surface area contributed by atoms with E-state index in [0.717, 1.165) is 0 Å². The highest BCUT2D eigenvalue weighted by Crippen LogP contribution is 2.57. The van der Waals surface area contributed by atoms with Crippen molar-refractivity contribution < 1.29 is 19.7 Å². The number of nitrogens with one attached hydrogen (secondary N) is 1. The molecule has 1 saturated heterocycles. The summed E-state index contributed by atoms with van der Waals surface area (Å²) in [5.74, 6) is -2.45. The third-order valence-corrected chi connectivity index (χ3v) is 6.14. The first kappa shape index (κ1) is 18.3. The Kier molecular flexibility index (Phi) is 3.71. The Morgan fingerprint density at radius 2 is 1.77 bits per heavy atom. The normalized spacial score (nSPS) is 26.7. The van der Waals surface area contributed by atoms with Crippen LogP contribution in [0.4, 0.5) is 5.69 Å². The van der Waals surface area contributed by atoms with Crippen molar-refractivity contribution in [3.63, 3.8) is 0 Å². The van der Waals surface area contributed by atoms with Gasteiger partial charge in [0, 0.05) is 36.3 Å². The first-order valence-electron chi connectivity index (χ1n) is 9.36. The van der Waals surface area contributed by atoms with E-state index in [9.17, 15) is 30.1 Å². The zero-order valence-electron chi connectivity index (χ0n) is 15.5. The van der Waals surface area contributed by atoms with Gasteiger partial charge in [0.1, 0.15) is 0 Å². The number of aliphatic hydroxyl groups is 1. The summed E-state index contributed by atoms with van der Waals surface area (Å²) in [6, 6.07) is 12.0. The quantitative estimate of drug-likeness (QED) is 0.578. The maximum absolute atomic E-state index is 13.4. The molecular formula is C20H16N4O6. The van der Waals surface area contributed by atoms with Crippen LogP contribution in [0, 0.1) is 26.1 Å². The second-order valence-corrected chi connectivity index (χ2v) is 7.51. The molecule has 2 aliphatic heterocycles. The number of non-ortho nitro benzene ring substituents is 1. The Morgan fingerprint density at radius 1 is 1.07 bits per heavy atom. The molecule has 0 radical (unpaired) electrons. The van der Waals surface area contributed by atoms with Gasteiger partial charge in [0.15, 0.2) is 17.3 Å². The third kappa shape index (κ3) is 2.19. The van der Waals surface area contributed by atoms with E-state index in [1.54, 1.807) is 24.3 Å². The predicted octanol–water partition coefficient (Wildman–Crippen LogP) is 1.70. The molecule has 3 aliphatic rings. The number of Topliss-reactive ketones (excluding diaryl/α,β-unsaturated/α-hetero) is 1. The van der Waals surface area contributed by atoms with Crippen molar-refractivity contribution in [1.82, 2.24) is 10.2 Å². The fourth-order valence-electron chi connectivity index (χ4n) is 4.96. The van der Waals surface area contributed by atoms with Crippen LogP contribution in [0.1, 0.15) is 27.4 Å². The largest absolute Gasteiger partial charge is 0.366 e. The molecule has 0 bridgehead atoms. The van der Waals surface area contributed by atoms with Crippen LogP contribution in [-0.2, 0) is 5.72 Å². The molecule has 10 nitrogen and oxygen atoms in total. The number of ketones is 1. The monoisotopic (exact) mass is 408 g/mol. The van der Waals surface area contributed by atoms with E-state index in [4.69, 9.17) is 0 Å². The van der Waals surface area contributed by atoms with Gasteiger partial charge in [-0.2, -0.15) is 0 Å². The van der Waals surface area contributed by atoms with Crippen molar-refractivity contribution in [1.29, 1.82) is 0 Å². The minimum Gasteiger partial charge on any atom is -0.366 e. The number of carbonyl (C=O) groups excluding carboxylic acids is 1. The van der Waals surface area contributed by atoms with Crippen LogP contribution in [0.2, 0.25) is 0 Å². The molecule has 2 aromatic carbocycles. The molecule has 0 aromatic heterocycles. The number of benzene rings is 2. The Balaban J connectivity index is 1.78. The fourth-order valence-corrected chi connectivity index (χ4v) is 4.96. The first-order valence-corrected chi connectivity index (χ1v) is 9.36. The van der Waals surface area contributed by atoms with Crippen LogP contribution in [0.5, 0.6) is 0 Å². The lowest BCUT2D eigenvalue weighted by molar-refractivity contribution is -0.438. The number of fused-ring (bicyclic) bond motifs is 5. The number of hydrogen-bond donors (Lipinski definition) is 2. The molecule has 152 valence electrons. The van der Waals surface area contributed by atoms with Crippen molar-refractivity contribution in [2.24, 2.45) is 5.92 Å². The van der Waals surface area contributed by atoms with Crippen molar-refractivity contribution in [2.45, 2.75) is 11.6 Å². The molecule has 3 atom stereocenters. The van der Waals surface area contributed by atoms with E-state index in [-0.39, 0.29) is 23.0 Å². The van der Waals surface area contributed by atoms with Gasteiger partial charge in [0.25, 0.3) is 11.4 Å². The molecule has 0 amide bonds. The summed E-state index contributed by atoms with van der Waals surface area (Å²) in [5.41, 5.74) is -1.04. The minimum atomic E-state index is -1.75. The van der Waals surface area contributed by atoms with E-state index in [0.29, 0.717) is 29.8 Å². The summed E-state index contributed by atoms with van der Waals surface area (Å²) in [4.78, 5) is 36.9. The lowest BCUT2D eigenvalue weighted by Gasteiger charge is -2.45. The van der Waals surface area contributed by atoms with Crippen LogP contribution in [-0.4, -0.2) is 38.7 Å². The van der Waals surface area contributed by atoms with E-state index in [1.807, 2.05) is 0 Å². The molecule has 2 N–H and O–H groups in total. The fraction of sp³-hybridized carbons (Fsp3) is 0.250. The van der Waals surface area contributed by atoms with Crippen LogP contribution in [0.25, 0.3) is 0 Å². The summed E-state index contributed by atoms with van der Waals surface area (Å²) in [5, 5.41) is 38.0. The highest BCUT2D eigenvalue weighted by molar-refractivity contribution is 6.04. The summed E-state index contributed by atoms with van der Waals surface area (Å²) in [7, 11) is 0. The predicted molar refractivity (Wildman–Crippen MR) is 103 cm³/mol. The number of nitro benzene ring substituents is 1. The average Bonchev–Trinajstić information content (AvgIpc) is 3.30. The number of rotatable bonds is 3. The Morgan fingerprint density at radius 3 is 2.43 bits per heavy atom. The van der Waals surface area contributed by atoms with Crippen molar-refractivity contribution >= 4 is 11.5 Å². The maximum Gasteiger partial charge on any atom is 0.294 e. The topological polar surface area (TPSA) is 139 Å². The lowest BCUT2D eigenvalue weighted by Crippen LogP contribution is -2.55. The molecule has 1 aliphatic carbocycles. The van der Waals surface area contributed by atoms with E-state index >= 15 is 0 Å². The van der Waals surface area contributed by atoms with E-state index < -0.39 is 27.4 Å². The minimum absolute atomic E-state index is 0.165. The second-order valence-electron chi connectivity index (χ2n) is 7.51. The molecule has 2 aromatic rings. The van der Waals surface area contributed by atoms with Crippen LogP contribution in [0.15, 0.2) is 60.0 Å². The van der Waals surface area contributed by atoms with Gasteiger partial charge in [-0.1, -0.05) is 36.4 Å². The molecule has 1 fully saturated rings. The summed E-state index contributed by atoms with van der Waals surface area (Å²) in [6.45, 7) is 0.680. The molecule has 30 heavy (non-hydrogen) atoms. The van der Waals surface area contributed by atoms with Crippen molar-refractivity contribution in [2.75, 3.05) is 13.1 Å². The van der Waals surface area contributed by atoms with E-state index in [1.165, 1.54) is 29.2 Å². The maximum atomic E-state index is 13.4. The number of nitrogens with zero attached hydrogens (tertiary/aromatic N) is 3. The number of hydrogen-bond acceptors (Lipinski definition) is 8. The summed E-state index contributed by atoms with van der Waals surface area (Å²) >= 11 is 0. The summed E-state index contributed by atoms with van der Waals surface area (Å²) in [6.07, 6.45) is 0. The van der Waals surface area contributed by atoms with Gasteiger partial charge in [-0.05, 0) is 5.56 Å². The Labute approximate surface area is 169 Å². The molecule has 0 spiro atoms. The van der Waals surface area contributed by atoms with Gasteiger partial charge in [-0.15, -0.1) is 0 Å². The Bertz CT molecular complexity index is 1140. The van der Waals surface area contributed by atoms with Crippen molar-refractivity contribution in [3.05, 3.63) is 97.0 Å². The highest BCUT2D eigenvalue weighted by atomic mass is 16.6. The zero-order valence-corrected chi connectivity index (χ0v) is 15.5. The van der Waals surface area contributed by atoms with Gasteiger partial charge in [-0.25, -0.2) is 0 Å². The lowest BCUT2D eigenvalue weighted by atomic mass is 9.74. The van der Waals surface area contributed by atoms with Crippen LogP contribution in [0.3, 0.4) is 0 Å². The Hall–Kier alpha value is -3.79. The number of nitro groups is 2. The SMILES string of the molecule is O=C1c2ccccc2[C@]2(O)[C@H]1[C@@H](c1ccc([N+](=O)[O-])cc1)C([N+](=O)[O-])=C1NCCN12. The van der Waals surface area contributed by atoms with Crippen LogP contribution < -0.4 is 5.32 Å². The van der Waals surface area contributed by atoms with E-state index in [2.05, 4.69) is 5.32 Å². The van der Waals surface area contributed by atoms with Gasteiger partial charge in [0.05, 0.1) is 21.7 Å².